The van der Waals surface area contributed by atoms with Crippen molar-refractivity contribution in [3.05, 3.63) is 12.7 Å². The Morgan fingerprint density at radius 2 is 1.86 bits per heavy atom. The molecule has 0 saturated carbocycles. The lowest BCUT2D eigenvalue weighted by Crippen LogP contribution is -2.27. The smallest absolute Gasteiger partial charge is 0.0121 e. The van der Waals surface area contributed by atoms with E-state index in [0.29, 0.717) is 5.41 Å². The van der Waals surface area contributed by atoms with Gasteiger partial charge in [0, 0.05) is 0 Å². The molecular formula is C14H28. The van der Waals surface area contributed by atoms with Crippen LogP contribution in [0.25, 0.3) is 0 Å². The molecule has 0 aliphatic carbocycles. The molecule has 0 nitrogen and oxygen atoms in total. The molecule has 14 heavy (non-hydrogen) atoms. The molecule has 0 bridgehead atoms. The molecule has 0 spiro atoms. The molecule has 84 valence electrons. The predicted octanol–water partition coefficient (Wildman–Crippen LogP) is 5.05. The summed E-state index contributed by atoms with van der Waals surface area (Å²) in [5.41, 5.74) is 0.339. The zero-order valence-corrected chi connectivity index (χ0v) is 10.8. The first-order valence-corrected chi connectivity index (χ1v) is 6.15. The standard InChI is InChI=1S/C14H28/c1-7-10-11-14(6,9-3)13(5)12(4)8-2/h9,12-13H,3,7-8,10-11H2,1-2,4-6H3. The highest BCUT2D eigenvalue weighted by Gasteiger charge is 2.30. The van der Waals surface area contributed by atoms with E-state index >= 15 is 0 Å². The molecule has 0 heteroatoms. The highest BCUT2D eigenvalue weighted by molar-refractivity contribution is 4.96. The summed E-state index contributed by atoms with van der Waals surface area (Å²) in [6, 6.07) is 0. The normalized spacial score (nSPS) is 19.8. The van der Waals surface area contributed by atoms with Crippen molar-refractivity contribution in [2.45, 2.75) is 60.3 Å². The van der Waals surface area contributed by atoms with Crippen LogP contribution in [0.15, 0.2) is 12.7 Å². The summed E-state index contributed by atoms with van der Waals surface area (Å²) in [5, 5.41) is 0. The van der Waals surface area contributed by atoms with Crippen LogP contribution in [0, 0.1) is 17.3 Å². The SMILES string of the molecule is C=CC(C)(CCCC)C(C)C(C)CC. The Morgan fingerprint density at radius 3 is 2.21 bits per heavy atom. The zero-order valence-electron chi connectivity index (χ0n) is 10.8. The number of unbranched alkanes of at least 4 members (excludes halogenated alkanes) is 1. The average molecular weight is 196 g/mol. The third-order valence-corrected chi connectivity index (χ3v) is 4.07. The number of allylic oxidation sites excluding steroid dienone is 1. The Morgan fingerprint density at radius 1 is 1.29 bits per heavy atom. The van der Waals surface area contributed by atoms with Gasteiger partial charge in [-0.1, -0.05) is 60.0 Å². The summed E-state index contributed by atoms with van der Waals surface area (Å²) in [5.74, 6) is 1.55. The number of rotatable bonds is 7. The summed E-state index contributed by atoms with van der Waals surface area (Å²) in [6.45, 7) is 15.7. The van der Waals surface area contributed by atoms with Gasteiger partial charge < -0.3 is 0 Å². The van der Waals surface area contributed by atoms with E-state index in [2.05, 4.69) is 47.3 Å². The summed E-state index contributed by atoms with van der Waals surface area (Å²) >= 11 is 0. The van der Waals surface area contributed by atoms with Crippen molar-refractivity contribution in [1.29, 1.82) is 0 Å². The highest BCUT2D eigenvalue weighted by Crippen LogP contribution is 2.39. The molecule has 0 aliphatic rings. The Labute approximate surface area is 90.8 Å². The van der Waals surface area contributed by atoms with Gasteiger partial charge in [-0.25, -0.2) is 0 Å². The zero-order chi connectivity index (χ0) is 11.2. The summed E-state index contributed by atoms with van der Waals surface area (Å²) in [4.78, 5) is 0. The summed E-state index contributed by atoms with van der Waals surface area (Å²) < 4.78 is 0. The lowest BCUT2D eigenvalue weighted by Gasteiger charge is -2.36. The van der Waals surface area contributed by atoms with Crippen LogP contribution in [0.3, 0.4) is 0 Å². The van der Waals surface area contributed by atoms with E-state index in [-0.39, 0.29) is 0 Å². The third-order valence-electron chi connectivity index (χ3n) is 4.07. The minimum Gasteiger partial charge on any atom is -0.103 e. The van der Waals surface area contributed by atoms with Crippen molar-refractivity contribution in [1.82, 2.24) is 0 Å². The minimum absolute atomic E-state index is 0.339. The molecule has 0 radical (unpaired) electrons. The first kappa shape index (κ1) is 13.7. The van der Waals surface area contributed by atoms with Gasteiger partial charge in [-0.2, -0.15) is 0 Å². The number of hydrogen-bond acceptors (Lipinski definition) is 0. The molecule has 0 aromatic rings. The van der Waals surface area contributed by atoms with Gasteiger partial charge in [0.15, 0.2) is 0 Å². The van der Waals surface area contributed by atoms with Crippen LogP contribution in [-0.4, -0.2) is 0 Å². The van der Waals surface area contributed by atoms with Crippen molar-refractivity contribution in [3.8, 4) is 0 Å². The minimum atomic E-state index is 0.339. The third kappa shape index (κ3) is 3.48. The van der Waals surface area contributed by atoms with E-state index in [9.17, 15) is 0 Å². The van der Waals surface area contributed by atoms with E-state index in [4.69, 9.17) is 0 Å². The van der Waals surface area contributed by atoms with Crippen molar-refractivity contribution in [2.24, 2.45) is 17.3 Å². The fraction of sp³-hybridized carbons (Fsp3) is 0.857. The summed E-state index contributed by atoms with van der Waals surface area (Å²) in [7, 11) is 0. The summed E-state index contributed by atoms with van der Waals surface area (Å²) in [6.07, 6.45) is 7.36. The largest absolute Gasteiger partial charge is 0.103 e. The van der Waals surface area contributed by atoms with Gasteiger partial charge in [0.1, 0.15) is 0 Å². The molecule has 0 N–H and O–H groups in total. The monoisotopic (exact) mass is 196 g/mol. The van der Waals surface area contributed by atoms with Gasteiger partial charge in [0.25, 0.3) is 0 Å². The van der Waals surface area contributed by atoms with Crippen LogP contribution < -0.4 is 0 Å². The molecule has 3 atom stereocenters. The lowest BCUT2D eigenvalue weighted by molar-refractivity contribution is 0.178. The van der Waals surface area contributed by atoms with Gasteiger partial charge in [-0.3, -0.25) is 0 Å². The maximum atomic E-state index is 4.02. The maximum Gasteiger partial charge on any atom is -0.0121 e. The lowest BCUT2D eigenvalue weighted by atomic mass is 9.69. The number of hydrogen-bond donors (Lipinski definition) is 0. The maximum absolute atomic E-state index is 4.02. The predicted molar refractivity (Wildman–Crippen MR) is 66.4 cm³/mol. The Bertz CT molecular complexity index is 159. The Hall–Kier alpha value is -0.260. The van der Waals surface area contributed by atoms with Crippen LogP contribution in [0.1, 0.15) is 60.3 Å². The molecule has 0 heterocycles. The molecule has 3 unspecified atom stereocenters. The second kappa shape index (κ2) is 6.27. The van der Waals surface area contributed by atoms with Crippen LogP contribution in [0.4, 0.5) is 0 Å². The quantitative estimate of drug-likeness (QED) is 0.500. The van der Waals surface area contributed by atoms with E-state index in [1.165, 1.54) is 25.7 Å². The van der Waals surface area contributed by atoms with Crippen LogP contribution in [0.2, 0.25) is 0 Å². The van der Waals surface area contributed by atoms with Crippen molar-refractivity contribution in [2.75, 3.05) is 0 Å². The Kier molecular flexibility index (Phi) is 6.15. The topological polar surface area (TPSA) is 0 Å². The van der Waals surface area contributed by atoms with Crippen molar-refractivity contribution < 1.29 is 0 Å². The second-order valence-corrected chi connectivity index (χ2v) is 4.99. The fourth-order valence-corrected chi connectivity index (χ4v) is 2.08. The second-order valence-electron chi connectivity index (χ2n) is 4.99. The van der Waals surface area contributed by atoms with Gasteiger partial charge in [-0.05, 0) is 23.7 Å². The highest BCUT2D eigenvalue weighted by atomic mass is 14.3. The molecule has 0 aliphatic heterocycles. The molecule has 0 saturated heterocycles. The van der Waals surface area contributed by atoms with E-state index < -0.39 is 0 Å². The van der Waals surface area contributed by atoms with E-state index in [1.807, 2.05) is 0 Å². The van der Waals surface area contributed by atoms with Crippen LogP contribution >= 0.6 is 0 Å². The van der Waals surface area contributed by atoms with Gasteiger partial charge in [0.2, 0.25) is 0 Å². The molecule has 0 amide bonds. The van der Waals surface area contributed by atoms with Crippen molar-refractivity contribution >= 4 is 0 Å². The van der Waals surface area contributed by atoms with E-state index in [1.54, 1.807) is 0 Å². The first-order chi connectivity index (χ1) is 6.51. The van der Waals surface area contributed by atoms with Crippen LogP contribution in [0.5, 0.6) is 0 Å². The average Bonchev–Trinajstić information content (AvgIpc) is 2.23. The molecule has 0 fully saturated rings. The van der Waals surface area contributed by atoms with E-state index in [0.717, 1.165) is 11.8 Å². The molecule has 0 rings (SSSR count). The van der Waals surface area contributed by atoms with Crippen LogP contribution in [-0.2, 0) is 0 Å². The Balaban J connectivity index is 4.41. The van der Waals surface area contributed by atoms with Crippen molar-refractivity contribution in [3.63, 3.8) is 0 Å². The molecule has 0 aromatic carbocycles. The molecule has 0 aromatic heterocycles. The van der Waals surface area contributed by atoms with Gasteiger partial charge in [0.05, 0.1) is 0 Å². The molecular weight excluding hydrogens is 168 g/mol. The first-order valence-electron chi connectivity index (χ1n) is 6.15. The fourth-order valence-electron chi connectivity index (χ4n) is 2.08. The van der Waals surface area contributed by atoms with Gasteiger partial charge >= 0.3 is 0 Å². The van der Waals surface area contributed by atoms with Gasteiger partial charge in [-0.15, -0.1) is 6.58 Å².